The van der Waals surface area contributed by atoms with Gasteiger partial charge in [-0.2, -0.15) is 0 Å². The standard InChI is InChI=1S/C29H28Cl2FNO3/c30-22-12-21(13-23(31)14-22)28(20-4-2-1-3-5-20)33-10-8-18(9-11-33)17-36-27-16-26(32)25(29(34)35)15-24(27)19-6-7-19/h1-5,12-16,18-19,28H,6-11,17H2,(H,34,35). The van der Waals surface area contributed by atoms with E-state index in [-0.39, 0.29) is 17.5 Å². The molecule has 36 heavy (non-hydrogen) atoms. The summed E-state index contributed by atoms with van der Waals surface area (Å²) >= 11 is 12.7. The van der Waals surface area contributed by atoms with Crippen LogP contribution in [0.4, 0.5) is 4.39 Å². The number of nitrogens with zero attached hydrogens (tertiary/aromatic N) is 1. The largest absolute Gasteiger partial charge is 0.493 e. The topological polar surface area (TPSA) is 49.8 Å². The highest BCUT2D eigenvalue weighted by atomic mass is 35.5. The van der Waals surface area contributed by atoms with Crippen LogP contribution in [0.15, 0.2) is 60.7 Å². The summed E-state index contributed by atoms with van der Waals surface area (Å²) in [6, 6.07) is 18.8. The predicted octanol–water partition coefficient (Wildman–Crippen LogP) is 7.59. The highest BCUT2D eigenvalue weighted by Gasteiger charge is 2.31. The second-order valence-electron chi connectivity index (χ2n) is 9.76. The highest BCUT2D eigenvalue weighted by Crippen LogP contribution is 2.45. The van der Waals surface area contributed by atoms with Crippen LogP contribution >= 0.6 is 23.2 Å². The van der Waals surface area contributed by atoms with Crippen molar-refractivity contribution in [1.29, 1.82) is 0 Å². The maximum Gasteiger partial charge on any atom is 0.338 e. The molecule has 1 atom stereocenters. The van der Waals surface area contributed by atoms with Crippen LogP contribution in [0.1, 0.15) is 64.7 Å². The molecule has 188 valence electrons. The second kappa shape index (κ2) is 10.8. The average molecular weight is 528 g/mol. The Balaban J connectivity index is 1.28. The fourth-order valence-corrected chi connectivity index (χ4v) is 5.68. The molecule has 0 amide bonds. The Morgan fingerprint density at radius 3 is 2.25 bits per heavy atom. The molecule has 2 fully saturated rings. The van der Waals surface area contributed by atoms with E-state index in [1.807, 2.05) is 30.3 Å². The lowest BCUT2D eigenvalue weighted by molar-refractivity contribution is 0.0691. The molecule has 1 saturated carbocycles. The smallest absolute Gasteiger partial charge is 0.338 e. The molecule has 3 aromatic carbocycles. The van der Waals surface area contributed by atoms with E-state index < -0.39 is 11.8 Å². The summed E-state index contributed by atoms with van der Waals surface area (Å²) in [5, 5.41) is 10.5. The SMILES string of the molecule is O=C(O)c1cc(C2CC2)c(OCC2CCN(C(c3ccccc3)c3cc(Cl)cc(Cl)c3)CC2)cc1F. The molecule has 1 saturated heterocycles. The lowest BCUT2D eigenvalue weighted by Crippen LogP contribution is -2.38. The summed E-state index contributed by atoms with van der Waals surface area (Å²) in [4.78, 5) is 13.8. The second-order valence-corrected chi connectivity index (χ2v) is 10.6. The summed E-state index contributed by atoms with van der Waals surface area (Å²) in [5.74, 6) is -0.922. The number of piperidine rings is 1. The van der Waals surface area contributed by atoms with E-state index in [1.165, 1.54) is 17.7 Å². The van der Waals surface area contributed by atoms with Crippen LogP contribution in [0, 0.1) is 11.7 Å². The fraction of sp³-hybridized carbons (Fsp3) is 0.345. The monoisotopic (exact) mass is 527 g/mol. The normalized spacial score (nSPS) is 17.6. The van der Waals surface area contributed by atoms with Gasteiger partial charge in [-0.3, -0.25) is 4.90 Å². The molecule has 4 nitrogen and oxygen atoms in total. The van der Waals surface area contributed by atoms with E-state index in [9.17, 15) is 14.3 Å². The molecule has 1 aliphatic heterocycles. The van der Waals surface area contributed by atoms with E-state index in [0.717, 1.165) is 49.9 Å². The van der Waals surface area contributed by atoms with E-state index in [4.69, 9.17) is 27.9 Å². The molecular formula is C29H28Cl2FNO3. The van der Waals surface area contributed by atoms with Crippen molar-refractivity contribution in [2.75, 3.05) is 19.7 Å². The Morgan fingerprint density at radius 2 is 1.64 bits per heavy atom. The maximum atomic E-state index is 14.4. The van der Waals surface area contributed by atoms with E-state index in [2.05, 4.69) is 17.0 Å². The van der Waals surface area contributed by atoms with E-state index in [0.29, 0.717) is 28.3 Å². The lowest BCUT2D eigenvalue weighted by Gasteiger charge is -2.38. The van der Waals surface area contributed by atoms with Crippen LogP contribution in [0.3, 0.4) is 0 Å². The molecule has 1 aliphatic carbocycles. The number of likely N-dealkylation sites (tertiary alicyclic amines) is 1. The van der Waals surface area contributed by atoms with Gasteiger partial charge in [-0.05, 0) is 91.6 Å². The number of carboxylic acids is 1. The minimum atomic E-state index is -1.25. The van der Waals surface area contributed by atoms with Crippen molar-refractivity contribution < 1.29 is 19.0 Å². The fourth-order valence-electron chi connectivity index (χ4n) is 5.14. The summed E-state index contributed by atoms with van der Waals surface area (Å²) < 4.78 is 20.5. The van der Waals surface area contributed by atoms with Crippen LogP contribution < -0.4 is 4.74 Å². The van der Waals surface area contributed by atoms with Gasteiger partial charge in [0.1, 0.15) is 11.6 Å². The van der Waals surface area contributed by atoms with Crippen molar-refractivity contribution >= 4 is 29.2 Å². The number of carboxylic acid groups (broad SMARTS) is 1. The van der Waals surface area contributed by atoms with Crippen molar-refractivity contribution in [3.63, 3.8) is 0 Å². The third-order valence-corrected chi connectivity index (χ3v) is 7.59. The highest BCUT2D eigenvalue weighted by molar-refractivity contribution is 6.34. The molecule has 3 aromatic rings. The molecule has 0 aromatic heterocycles. The summed E-state index contributed by atoms with van der Waals surface area (Å²) in [6.07, 6.45) is 3.83. The minimum absolute atomic E-state index is 0.0448. The van der Waals surface area contributed by atoms with Gasteiger partial charge in [-0.15, -0.1) is 0 Å². The Hall–Kier alpha value is -2.60. The van der Waals surface area contributed by atoms with Gasteiger partial charge in [-0.1, -0.05) is 53.5 Å². The molecule has 0 spiro atoms. The van der Waals surface area contributed by atoms with Crippen molar-refractivity contribution in [3.05, 3.63) is 98.8 Å². The Bertz CT molecular complexity index is 1220. The van der Waals surface area contributed by atoms with Crippen molar-refractivity contribution in [2.24, 2.45) is 5.92 Å². The Morgan fingerprint density at radius 1 is 0.972 bits per heavy atom. The Labute approximate surface area is 220 Å². The lowest BCUT2D eigenvalue weighted by atomic mass is 9.91. The zero-order chi connectivity index (χ0) is 25.2. The van der Waals surface area contributed by atoms with Gasteiger partial charge in [0, 0.05) is 16.1 Å². The van der Waals surface area contributed by atoms with Crippen molar-refractivity contribution in [3.8, 4) is 5.75 Å². The molecule has 0 radical (unpaired) electrons. The van der Waals surface area contributed by atoms with Gasteiger partial charge in [0.2, 0.25) is 0 Å². The summed E-state index contributed by atoms with van der Waals surface area (Å²) in [5.41, 5.74) is 2.78. The summed E-state index contributed by atoms with van der Waals surface area (Å²) in [7, 11) is 0. The first-order valence-corrected chi connectivity index (χ1v) is 13.1. The first-order chi connectivity index (χ1) is 17.4. The molecule has 7 heteroatoms. The van der Waals surface area contributed by atoms with Crippen LogP contribution in [-0.2, 0) is 0 Å². The van der Waals surface area contributed by atoms with Gasteiger partial charge in [0.05, 0.1) is 18.2 Å². The number of halogens is 3. The molecule has 1 unspecified atom stereocenters. The zero-order valence-electron chi connectivity index (χ0n) is 19.8. The van der Waals surface area contributed by atoms with Crippen LogP contribution in [0.5, 0.6) is 5.75 Å². The predicted molar refractivity (Wildman–Crippen MR) is 140 cm³/mol. The summed E-state index contributed by atoms with van der Waals surface area (Å²) in [6.45, 7) is 2.23. The number of benzene rings is 3. The van der Waals surface area contributed by atoms with E-state index in [1.54, 1.807) is 6.07 Å². The maximum absolute atomic E-state index is 14.4. The molecule has 1 N–H and O–H groups in total. The van der Waals surface area contributed by atoms with Crippen molar-refractivity contribution in [1.82, 2.24) is 4.90 Å². The minimum Gasteiger partial charge on any atom is -0.493 e. The van der Waals surface area contributed by atoms with Crippen molar-refractivity contribution in [2.45, 2.75) is 37.6 Å². The van der Waals surface area contributed by atoms with Gasteiger partial charge < -0.3 is 9.84 Å². The molecule has 0 bridgehead atoms. The number of rotatable bonds is 8. The number of ether oxygens (including phenoxy) is 1. The van der Waals surface area contributed by atoms with Gasteiger partial charge >= 0.3 is 5.97 Å². The first kappa shape index (κ1) is 25.1. The third kappa shape index (κ3) is 5.69. The number of carbonyl (C=O) groups is 1. The quantitative estimate of drug-likeness (QED) is 0.327. The van der Waals surface area contributed by atoms with Gasteiger partial charge in [-0.25, -0.2) is 9.18 Å². The molecule has 1 heterocycles. The van der Waals surface area contributed by atoms with Gasteiger partial charge in [0.25, 0.3) is 0 Å². The molecule has 5 rings (SSSR count). The van der Waals surface area contributed by atoms with Crippen LogP contribution in [0.2, 0.25) is 10.0 Å². The average Bonchev–Trinajstić information content (AvgIpc) is 3.69. The number of hydrogen-bond acceptors (Lipinski definition) is 3. The number of hydrogen-bond donors (Lipinski definition) is 1. The van der Waals surface area contributed by atoms with E-state index >= 15 is 0 Å². The Kier molecular flexibility index (Phi) is 7.52. The zero-order valence-corrected chi connectivity index (χ0v) is 21.3. The first-order valence-electron chi connectivity index (χ1n) is 12.3. The van der Waals surface area contributed by atoms with Gasteiger partial charge in [0.15, 0.2) is 0 Å². The van der Waals surface area contributed by atoms with Crippen LogP contribution in [0.25, 0.3) is 0 Å². The third-order valence-electron chi connectivity index (χ3n) is 7.15. The molecular weight excluding hydrogens is 500 g/mol. The molecule has 2 aliphatic rings. The van der Waals surface area contributed by atoms with Crippen LogP contribution in [-0.4, -0.2) is 35.7 Å². The number of aromatic carboxylic acids is 1.